The van der Waals surface area contributed by atoms with Crippen LogP contribution in [0.15, 0.2) is 42.5 Å². The van der Waals surface area contributed by atoms with Crippen molar-refractivity contribution in [2.75, 3.05) is 0 Å². The van der Waals surface area contributed by atoms with Gasteiger partial charge in [0.15, 0.2) is 0 Å². The zero-order valence-electron chi connectivity index (χ0n) is 11.4. The molecule has 0 aliphatic rings. The minimum atomic E-state index is -0.967. The number of aryl methyl sites for hydroxylation is 1. The van der Waals surface area contributed by atoms with Crippen molar-refractivity contribution >= 4 is 22.4 Å². The molecule has 0 bridgehead atoms. The van der Waals surface area contributed by atoms with Gasteiger partial charge < -0.3 is 5.73 Å². The van der Waals surface area contributed by atoms with Crippen LogP contribution in [0.5, 0.6) is 0 Å². The van der Waals surface area contributed by atoms with Gasteiger partial charge in [-0.3, -0.25) is 4.21 Å². The summed E-state index contributed by atoms with van der Waals surface area (Å²) < 4.78 is 12.3. The second kappa shape index (κ2) is 7.02. The van der Waals surface area contributed by atoms with Crippen molar-refractivity contribution in [2.24, 2.45) is 5.73 Å². The summed E-state index contributed by atoms with van der Waals surface area (Å²) >= 11 is 6.09. The van der Waals surface area contributed by atoms with E-state index in [1.54, 1.807) is 0 Å². The highest BCUT2D eigenvalue weighted by atomic mass is 35.5. The van der Waals surface area contributed by atoms with Crippen LogP contribution in [0.3, 0.4) is 0 Å². The van der Waals surface area contributed by atoms with Crippen molar-refractivity contribution in [1.82, 2.24) is 0 Å². The molecule has 2 aromatic rings. The second-order valence-electron chi connectivity index (χ2n) is 4.78. The largest absolute Gasteiger partial charge is 0.326 e. The molecule has 2 nitrogen and oxygen atoms in total. The van der Waals surface area contributed by atoms with Crippen LogP contribution in [0, 0.1) is 6.92 Å². The molecule has 0 aliphatic heterocycles. The van der Waals surface area contributed by atoms with Gasteiger partial charge in [0.2, 0.25) is 0 Å². The SMILES string of the molecule is Cc1cc(CN)ccc1CS(=O)Cc1ccccc1Cl. The van der Waals surface area contributed by atoms with Gasteiger partial charge in [-0.05, 0) is 35.2 Å². The van der Waals surface area contributed by atoms with Crippen LogP contribution in [0.2, 0.25) is 5.02 Å². The fourth-order valence-corrected chi connectivity index (χ4v) is 3.71. The number of nitrogens with two attached hydrogens (primary N) is 1. The Bertz CT molecular complexity index is 628. The lowest BCUT2D eigenvalue weighted by Crippen LogP contribution is -2.03. The number of hydrogen-bond donors (Lipinski definition) is 1. The van der Waals surface area contributed by atoms with E-state index in [9.17, 15) is 4.21 Å². The Balaban J connectivity index is 2.07. The molecule has 1 unspecified atom stereocenters. The molecule has 0 aromatic heterocycles. The van der Waals surface area contributed by atoms with E-state index in [0.717, 1.165) is 22.3 Å². The Morgan fingerprint density at radius 3 is 2.45 bits per heavy atom. The summed E-state index contributed by atoms with van der Waals surface area (Å²) in [6.45, 7) is 2.56. The van der Waals surface area contributed by atoms with E-state index in [2.05, 4.69) is 6.07 Å². The third-order valence-electron chi connectivity index (χ3n) is 3.23. The van der Waals surface area contributed by atoms with Gasteiger partial charge in [-0.2, -0.15) is 0 Å². The fraction of sp³-hybridized carbons (Fsp3) is 0.250. The summed E-state index contributed by atoms with van der Waals surface area (Å²) in [5.74, 6) is 1.03. The number of halogens is 1. The average Bonchev–Trinajstić information content (AvgIpc) is 2.43. The molecular formula is C16H18ClNOS. The molecule has 2 N–H and O–H groups in total. The Kier molecular flexibility index (Phi) is 5.35. The standard InChI is InChI=1S/C16H18ClNOS/c1-12-8-13(9-18)6-7-14(12)10-20(19)11-15-4-2-3-5-16(15)17/h2-8H,9-11,18H2,1H3. The Morgan fingerprint density at radius 1 is 1.10 bits per heavy atom. The molecule has 20 heavy (non-hydrogen) atoms. The van der Waals surface area contributed by atoms with Crippen LogP contribution in [0.25, 0.3) is 0 Å². The highest BCUT2D eigenvalue weighted by Gasteiger charge is 2.08. The van der Waals surface area contributed by atoms with Crippen LogP contribution in [0.4, 0.5) is 0 Å². The van der Waals surface area contributed by atoms with Gasteiger partial charge >= 0.3 is 0 Å². The number of benzene rings is 2. The van der Waals surface area contributed by atoms with Gasteiger partial charge in [-0.25, -0.2) is 0 Å². The van der Waals surface area contributed by atoms with Gasteiger partial charge in [0, 0.05) is 28.1 Å². The first-order chi connectivity index (χ1) is 9.60. The minimum absolute atomic E-state index is 0.484. The van der Waals surface area contributed by atoms with Crippen LogP contribution >= 0.6 is 11.6 Å². The molecule has 4 heteroatoms. The molecule has 2 rings (SSSR count). The maximum Gasteiger partial charge on any atom is 0.0503 e. The molecule has 0 radical (unpaired) electrons. The minimum Gasteiger partial charge on any atom is -0.326 e. The Labute approximate surface area is 127 Å². The zero-order chi connectivity index (χ0) is 14.5. The average molecular weight is 308 g/mol. The highest BCUT2D eigenvalue weighted by molar-refractivity contribution is 7.83. The van der Waals surface area contributed by atoms with Crippen LogP contribution in [-0.4, -0.2) is 4.21 Å². The smallest absolute Gasteiger partial charge is 0.0503 e. The predicted molar refractivity (Wildman–Crippen MR) is 86.1 cm³/mol. The Morgan fingerprint density at radius 2 is 1.80 bits per heavy atom. The van der Waals surface area contributed by atoms with E-state index in [-0.39, 0.29) is 0 Å². The molecule has 106 valence electrons. The molecule has 0 fully saturated rings. The first kappa shape index (κ1) is 15.2. The van der Waals surface area contributed by atoms with E-state index >= 15 is 0 Å². The van der Waals surface area contributed by atoms with Crippen LogP contribution < -0.4 is 5.73 Å². The molecule has 0 saturated carbocycles. The van der Waals surface area contributed by atoms with Gasteiger partial charge in [-0.1, -0.05) is 48.0 Å². The van der Waals surface area contributed by atoms with E-state index < -0.39 is 10.8 Å². The van der Waals surface area contributed by atoms with Crippen molar-refractivity contribution in [3.8, 4) is 0 Å². The van der Waals surface area contributed by atoms with Gasteiger partial charge in [-0.15, -0.1) is 0 Å². The summed E-state index contributed by atoms with van der Waals surface area (Å²) in [4.78, 5) is 0. The third kappa shape index (κ3) is 3.92. The monoisotopic (exact) mass is 307 g/mol. The normalized spacial score (nSPS) is 12.3. The van der Waals surface area contributed by atoms with E-state index in [4.69, 9.17) is 17.3 Å². The third-order valence-corrected chi connectivity index (χ3v) is 4.87. The first-order valence-corrected chi connectivity index (χ1v) is 8.33. The van der Waals surface area contributed by atoms with Crippen molar-refractivity contribution < 1.29 is 4.21 Å². The van der Waals surface area contributed by atoms with E-state index in [1.807, 2.05) is 43.3 Å². The summed E-state index contributed by atoms with van der Waals surface area (Å²) in [6.07, 6.45) is 0. The highest BCUT2D eigenvalue weighted by Crippen LogP contribution is 2.19. The summed E-state index contributed by atoms with van der Waals surface area (Å²) in [6, 6.07) is 13.6. The first-order valence-electron chi connectivity index (χ1n) is 6.47. The predicted octanol–water partition coefficient (Wildman–Crippen LogP) is 3.56. The zero-order valence-corrected chi connectivity index (χ0v) is 13.0. The quantitative estimate of drug-likeness (QED) is 0.918. The van der Waals surface area contributed by atoms with Crippen LogP contribution in [0.1, 0.15) is 22.3 Å². The number of hydrogen-bond acceptors (Lipinski definition) is 2. The molecule has 2 aromatic carbocycles. The summed E-state index contributed by atoms with van der Waals surface area (Å²) in [5.41, 5.74) is 9.89. The molecule has 1 atom stereocenters. The molecule has 0 saturated heterocycles. The lowest BCUT2D eigenvalue weighted by atomic mass is 10.1. The van der Waals surface area contributed by atoms with Crippen molar-refractivity contribution in [1.29, 1.82) is 0 Å². The molecule has 0 heterocycles. The van der Waals surface area contributed by atoms with Gasteiger partial charge in [0.25, 0.3) is 0 Å². The number of rotatable bonds is 5. The van der Waals surface area contributed by atoms with Crippen molar-refractivity contribution in [3.05, 3.63) is 69.7 Å². The van der Waals surface area contributed by atoms with E-state index in [1.165, 1.54) is 0 Å². The maximum absolute atomic E-state index is 12.3. The molecule has 0 aliphatic carbocycles. The maximum atomic E-state index is 12.3. The van der Waals surface area contributed by atoms with Crippen LogP contribution in [-0.2, 0) is 28.9 Å². The van der Waals surface area contributed by atoms with Gasteiger partial charge in [0.1, 0.15) is 0 Å². The van der Waals surface area contributed by atoms with Gasteiger partial charge in [0.05, 0.1) is 5.75 Å². The molecule has 0 spiro atoms. The van der Waals surface area contributed by atoms with Crippen molar-refractivity contribution in [2.45, 2.75) is 25.0 Å². The molecular weight excluding hydrogens is 290 g/mol. The lowest BCUT2D eigenvalue weighted by Gasteiger charge is -2.09. The summed E-state index contributed by atoms with van der Waals surface area (Å²) in [5, 5.41) is 0.677. The lowest BCUT2D eigenvalue weighted by molar-refractivity contribution is 0.682. The summed E-state index contributed by atoms with van der Waals surface area (Å²) in [7, 11) is -0.967. The Hall–Kier alpha value is -1.16. The van der Waals surface area contributed by atoms with Crippen molar-refractivity contribution in [3.63, 3.8) is 0 Å². The molecule has 0 amide bonds. The fourth-order valence-electron chi connectivity index (χ4n) is 2.06. The topological polar surface area (TPSA) is 43.1 Å². The second-order valence-corrected chi connectivity index (χ2v) is 6.65. The van der Waals surface area contributed by atoms with E-state index in [0.29, 0.717) is 23.1 Å².